The van der Waals surface area contributed by atoms with Crippen molar-refractivity contribution in [1.82, 2.24) is 25.1 Å². The minimum atomic E-state index is -2.75. The van der Waals surface area contributed by atoms with Gasteiger partial charge in [-0.25, -0.2) is 4.79 Å². The lowest BCUT2D eigenvalue weighted by Crippen LogP contribution is -2.67. The third-order valence-electron chi connectivity index (χ3n) is 9.26. The lowest BCUT2D eigenvalue weighted by Gasteiger charge is -2.45. The van der Waals surface area contributed by atoms with Crippen molar-refractivity contribution in [2.24, 2.45) is 0 Å². The molecule has 0 saturated carbocycles. The molecule has 1 atom stereocenters. The molecular formula is C38H56N6O4Si. The summed E-state index contributed by atoms with van der Waals surface area (Å²) in [6, 6.07) is 21.7. The number of ether oxygens (including phenoxy) is 2. The Bertz CT molecular complexity index is 1490. The van der Waals surface area contributed by atoms with Gasteiger partial charge in [0.2, 0.25) is 0 Å². The lowest BCUT2D eigenvalue weighted by atomic mass is 10.0. The fourth-order valence-corrected chi connectivity index (χ4v) is 11.5. The zero-order chi connectivity index (χ0) is 35.2. The molecule has 0 aliphatic carbocycles. The molecule has 1 unspecified atom stereocenters. The standard InChI is InChI=1S/C38H56N6O4Si/c1-37(2,3)48-36(45)44-23-22-43(34-32-19-21-39-27-33(32)40-35(41-34)46-26-24-42(7)8)28-29(44)20-25-47-49(38(4,5)6,30-15-11-9-12-16-30)31-17-13-10-14-18-31/h9-18,29,39H,19-28H2,1-8H3. The normalized spacial score (nSPS) is 17.2. The van der Waals surface area contributed by atoms with Crippen molar-refractivity contribution in [2.75, 3.05) is 64.9 Å². The van der Waals surface area contributed by atoms with E-state index in [4.69, 9.17) is 23.9 Å². The SMILES string of the molecule is CN(C)CCOc1nc2c(c(N3CCN(C(=O)OC(C)(C)C)C(CCO[Si](c4ccccc4)(c4ccccc4)C(C)(C)C)C3)n1)CCNC2. The summed E-state index contributed by atoms with van der Waals surface area (Å²) in [4.78, 5) is 29.8. The lowest BCUT2D eigenvalue weighted by molar-refractivity contribution is 0.0117. The molecule has 3 heterocycles. The minimum absolute atomic E-state index is 0.143. The average molecular weight is 689 g/mol. The highest BCUT2D eigenvalue weighted by molar-refractivity contribution is 6.99. The second kappa shape index (κ2) is 15.6. The second-order valence-electron chi connectivity index (χ2n) is 15.4. The Balaban J connectivity index is 1.45. The summed E-state index contributed by atoms with van der Waals surface area (Å²) in [5, 5.41) is 5.79. The van der Waals surface area contributed by atoms with Crippen LogP contribution in [0.4, 0.5) is 10.6 Å². The van der Waals surface area contributed by atoms with E-state index in [0.717, 1.165) is 36.6 Å². The van der Waals surface area contributed by atoms with Crippen LogP contribution in [-0.4, -0.2) is 106 Å². The number of amides is 1. The highest BCUT2D eigenvalue weighted by Crippen LogP contribution is 2.37. The number of nitrogens with zero attached hydrogens (tertiary/aromatic N) is 5. The van der Waals surface area contributed by atoms with Crippen LogP contribution >= 0.6 is 0 Å². The van der Waals surface area contributed by atoms with Crippen LogP contribution in [0.25, 0.3) is 0 Å². The molecule has 0 radical (unpaired) electrons. The molecule has 1 saturated heterocycles. The van der Waals surface area contributed by atoms with Crippen LogP contribution in [0.1, 0.15) is 59.2 Å². The van der Waals surface area contributed by atoms with E-state index < -0.39 is 13.9 Å². The van der Waals surface area contributed by atoms with Gasteiger partial charge in [0.25, 0.3) is 8.32 Å². The maximum atomic E-state index is 13.7. The number of nitrogens with one attached hydrogen (secondary N) is 1. The molecule has 5 rings (SSSR count). The first-order valence-electron chi connectivity index (χ1n) is 17.7. The smallest absolute Gasteiger partial charge is 0.410 e. The minimum Gasteiger partial charge on any atom is -0.462 e. The molecule has 2 aliphatic rings. The van der Waals surface area contributed by atoms with Crippen LogP contribution in [0.5, 0.6) is 6.01 Å². The Hall–Kier alpha value is -3.51. The summed E-state index contributed by atoms with van der Waals surface area (Å²) in [6.07, 6.45) is 1.21. The van der Waals surface area contributed by atoms with E-state index in [-0.39, 0.29) is 17.2 Å². The molecule has 0 bridgehead atoms. The van der Waals surface area contributed by atoms with Gasteiger partial charge in [-0.3, -0.25) is 0 Å². The van der Waals surface area contributed by atoms with E-state index in [9.17, 15) is 4.79 Å². The van der Waals surface area contributed by atoms with Gasteiger partial charge in [0.15, 0.2) is 0 Å². The number of anilines is 1. The maximum Gasteiger partial charge on any atom is 0.410 e. The summed E-state index contributed by atoms with van der Waals surface area (Å²) in [7, 11) is 1.30. The first-order chi connectivity index (χ1) is 23.3. The van der Waals surface area contributed by atoms with E-state index in [0.29, 0.717) is 51.8 Å². The van der Waals surface area contributed by atoms with E-state index in [2.05, 4.69) is 96.6 Å². The molecule has 1 aromatic heterocycles. The van der Waals surface area contributed by atoms with E-state index in [1.54, 1.807) is 0 Å². The summed E-state index contributed by atoms with van der Waals surface area (Å²) in [6.45, 7) is 17.7. The fourth-order valence-electron chi connectivity index (χ4n) is 6.93. The van der Waals surface area contributed by atoms with Gasteiger partial charge in [-0.15, -0.1) is 0 Å². The predicted molar refractivity (Wildman–Crippen MR) is 199 cm³/mol. The number of piperazine rings is 1. The molecule has 11 heteroatoms. The molecule has 1 N–H and O–H groups in total. The third-order valence-corrected chi connectivity index (χ3v) is 14.3. The fraction of sp³-hybridized carbons (Fsp3) is 0.553. The van der Waals surface area contributed by atoms with E-state index in [1.165, 1.54) is 10.4 Å². The number of rotatable bonds is 11. The van der Waals surface area contributed by atoms with Crippen molar-refractivity contribution in [3.05, 3.63) is 71.9 Å². The Morgan fingerprint density at radius 2 is 1.59 bits per heavy atom. The zero-order valence-corrected chi connectivity index (χ0v) is 31.8. The number of fused-ring (bicyclic) bond motifs is 1. The molecule has 1 fully saturated rings. The number of benzene rings is 2. The van der Waals surface area contributed by atoms with Crippen LogP contribution in [-0.2, 0) is 22.1 Å². The number of likely N-dealkylation sites (N-methyl/N-ethyl adjacent to an activating group) is 1. The monoisotopic (exact) mass is 688 g/mol. The Kier molecular flexibility index (Phi) is 11.7. The van der Waals surface area contributed by atoms with E-state index in [1.807, 2.05) is 39.8 Å². The predicted octanol–water partition coefficient (Wildman–Crippen LogP) is 4.46. The van der Waals surface area contributed by atoms with Crippen molar-refractivity contribution in [2.45, 2.75) is 77.6 Å². The zero-order valence-electron chi connectivity index (χ0n) is 30.8. The maximum absolute atomic E-state index is 13.7. The second-order valence-corrected chi connectivity index (χ2v) is 19.7. The van der Waals surface area contributed by atoms with Crippen molar-refractivity contribution >= 4 is 30.6 Å². The number of hydrogen-bond acceptors (Lipinski definition) is 9. The Morgan fingerprint density at radius 1 is 0.939 bits per heavy atom. The van der Waals surface area contributed by atoms with Gasteiger partial charge in [-0.1, -0.05) is 81.4 Å². The molecular weight excluding hydrogens is 633 g/mol. The van der Waals surface area contributed by atoms with Gasteiger partial charge < -0.3 is 33.9 Å². The van der Waals surface area contributed by atoms with Gasteiger partial charge in [0.1, 0.15) is 18.0 Å². The van der Waals surface area contributed by atoms with Crippen molar-refractivity contribution in [3.8, 4) is 6.01 Å². The van der Waals surface area contributed by atoms with Crippen LogP contribution < -0.4 is 25.3 Å². The average Bonchev–Trinajstić information content (AvgIpc) is 3.05. The van der Waals surface area contributed by atoms with Gasteiger partial charge in [-0.2, -0.15) is 9.97 Å². The van der Waals surface area contributed by atoms with Crippen LogP contribution in [0, 0.1) is 0 Å². The quantitative estimate of drug-likeness (QED) is 0.294. The third kappa shape index (κ3) is 8.81. The molecule has 0 spiro atoms. The number of hydrogen-bond donors (Lipinski definition) is 1. The van der Waals surface area contributed by atoms with Crippen molar-refractivity contribution in [3.63, 3.8) is 0 Å². The molecule has 10 nitrogen and oxygen atoms in total. The summed E-state index contributed by atoms with van der Waals surface area (Å²) in [5.41, 5.74) is 1.55. The summed E-state index contributed by atoms with van der Waals surface area (Å²) in [5.74, 6) is 0.910. The molecule has 2 aliphatic heterocycles. The Morgan fingerprint density at radius 3 is 2.18 bits per heavy atom. The Labute approximate surface area is 294 Å². The largest absolute Gasteiger partial charge is 0.462 e. The van der Waals surface area contributed by atoms with E-state index >= 15 is 0 Å². The number of carbonyl (C=O) groups excluding carboxylic acids is 1. The van der Waals surface area contributed by atoms with Crippen LogP contribution in [0.3, 0.4) is 0 Å². The molecule has 49 heavy (non-hydrogen) atoms. The van der Waals surface area contributed by atoms with Crippen molar-refractivity contribution < 1.29 is 18.7 Å². The molecule has 3 aromatic rings. The topological polar surface area (TPSA) is 92.3 Å². The number of carbonyl (C=O) groups is 1. The summed E-state index contributed by atoms with van der Waals surface area (Å²) < 4.78 is 19.3. The highest BCUT2D eigenvalue weighted by Gasteiger charge is 2.50. The summed E-state index contributed by atoms with van der Waals surface area (Å²) >= 11 is 0. The highest BCUT2D eigenvalue weighted by atomic mass is 28.4. The van der Waals surface area contributed by atoms with Gasteiger partial charge in [0, 0.05) is 44.9 Å². The first-order valence-corrected chi connectivity index (χ1v) is 19.6. The van der Waals surface area contributed by atoms with Crippen molar-refractivity contribution in [1.29, 1.82) is 0 Å². The molecule has 2 aromatic carbocycles. The first kappa shape index (κ1) is 36.8. The van der Waals surface area contributed by atoms with Gasteiger partial charge in [-0.05, 0) is 69.7 Å². The van der Waals surface area contributed by atoms with Crippen LogP contribution in [0.2, 0.25) is 5.04 Å². The van der Waals surface area contributed by atoms with Gasteiger partial charge >= 0.3 is 12.1 Å². The number of aromatic nitrogens is 2. The van der Waals surface area contributed by atoms with Gasteiger partial charge in [0.05, 0.1) is 11.7 Å². The molecule has 266 valence electrons. The van der Waals surface area contributed by atoms with Crippen LogP contribution in [0.15, 0.2) is 60.7 Å². The molecule has 1 amide bonds.